The Morgan fingerprint density at radius 1 is 1.09 bits per heavy atom. The highest BCUT2D eigenvalue weighted by Crippen LogP contribution is 2.31. The van der Waals surface area contributed by atoms with Gasteiger partial charge < -0.3 is 4.74 Å². The molecule has 0 radical (unpaired) electrons. The van der Waals surface area contributed by atoms with Crippen molar-refractivity contribution < 1.29 is 9.53 Å². The summed E-state index contributed by atoms with van der Waals surface area (Å²) in [5.41, 5.74) is 2.97. The number of hydrogen-bond donors (Lipinski definition) is 0. The number of piperidine rings is 1. The predicted molar refractivity (Wildman–Crippen MR) is 93.4 cm³/mol. The van der Waals surface area contributed by atoms with Crippen molar-refractivity contribution >= 4 is 5.78 Å². The molecule has 0 spiro atoms. The Morgan fingerprint density at radius 2 is 1.74 bits per heavy atom. The Hall–Kier alpha value is -1.35. The highest BCUT2D eigenvalue weighted by Gasteiger charge is 2.31. The lowest BCUT2D eigenvalue weighted by molar-refractivity contribution is 0.0757. The number of nitrogens with zero attached hydrogens (tertiary/aromatic N) is 1. The third-order valence-corrected chi connectivity index (χ3v) is 5.61. The van der Waals surface area contributed by atoms with E-state index in [0.717, 1.165) is 47.9 Å². The molecular formula is C20H29NO2. The van der Waals surface area contributed by atoms with Gasteiger partial charge in [0.2, 0.25) is 0 Å². The number of rotatable bonds is 4. The molecule has 2 aliphatic rings. The molecular weight excluding hydrogens is 286 g/mol. The maximum absolute atomic E-state index is 13.0. The first-order valence-electron chi connectivity index (χ1n) is 9.03. The molecule has 1 atom stereocenters. The van der Waals surface area contributed by atoms with Gasteiger partial charge in [-0.2, -0.15) is 0 Å². The summed E-state index contributed by atoms with van der Waals surface area (Å²) in [6.07, 6.45) is 7.55. The fraction of sp³-hybridized carbons (Fsp3) is 0.650. The van der Waals surface area contributed by atoms with E-state index in [1.165, 1.54) is 32.2 Å². The molecule has 0 N–H and O–H groups in total. The molecule has 0 amide bonds. The Balaban J connectivity index is 1.74. The Bertz CT molecular complexity index is 552. The van der Waals surface area contributed by atoms with Crippen molar-refractivity contribution in [2.75, 3.05) is 20.2 Å². The van der Waals surface area contributed by atoms with Crippen LogP contribution in [0.3, 0.4) is 0 Å². The topological polar surface area (TPSA) is 29.5 Å². The highest BCUT2D eigenvalue weighted by atomic mass is 16.5. The van der Waals surface area contributed by atoms with Gasteiger partial charge in [-0.15, -0.1) is 0 Å². The van der Waals surface area contributed by atoms with Gasteiger partial charge in [0.15, 0.2) is 5.78 Å². The Labute approximate surface area is 140 Å². The minimum absolute atomic E-state index is 0.163. The van der Waals surface area contributed by atoms with Gasteiger partial charge in [0, 0.05) is 24.1 Å². The van der Waals surface area contributed by atoms with E-state index in [1.807, 2.05) is 26.0 Å². The van der Waals surface area contributed by atoms with Crippen LogP contribution in [0.4, 0.5) is 0 Å². The lowest BCUT2D eigenvalue weighted by Gasteiger charge is -2.36. The van der Waals surface area contributed by atoms with Crippen LogP contribution < -0.4 is 4.74 Å². The van der Waals surface area contributed by atoms with Crippen LogP contribution in [-0.2, 0) is 0 Å². The molecule has 0 aromatic heterocycles. The molecule has 3 nitrogen and oxygen atoms in total. The quantitative estimate of drug-likeness (QED) is 0.782. The van der Waals surface area contributed by atoms with Crippen LogP contribution in [0, 0.1) is 19.8 Å². The second-order valence-corrected chi connectivity index (χ2v) is 7.28. The van der Waals surface area contributed by atoms with E-state index in [4.69, 9.17) is 4.74 Å². The molecule has 1 aliphatic heterocycles. The second-order valence-electron chi connectivity index (χ2n) is 7.28. The van der Waals surface area contributed by atoms with Gasteiger partial charge in [-0.3, -0.25) is 9.69 Å². The number of methoxy groups -OCH3 is 1. The van der Waals surface area contributed by atoms with Crippen molar-refractivity contribution in [2.45, 2.75) is 58.4 Å². The van der Waals surface area contributed by atoms with Crippen LogP contribution in [0.15, 0.2) is 12.1 Å². The number of benzene rings is 1. The average Bonchev–Trinajstić information content (AvgIpc) is 3.08. The molecule has 1 saturated carbocycles. The van der Waals surface area contributed by atoms with Crippen LogP contribution >= 0.6 is 0 Å². The van der Waals surface area contributed by atoms with Crippen LogP contribution in [0.1, 0.15) is 60.0 Å². The summed E-state index contributed by atoms with van der Waals surface area (Å²) in [4.78, 5) is 15.6. The molecule has 1 heterocycles. The lowest BCUT2D eigenvalue weighted by Crippen LogP contribution is -2.43. The van der Waals surface area contributed by atoms with Gasteiger partial charge in [0.1, 0.15) is 5.75 Å². The maximum Gasteiger partial charge on any atom is 0.167 e. The zero-order chi connectivity index (χ0) is 16.4. The molecule has 1 aromatic carbocycles. The van der Waals surface area contributed by atoms with E-state index in [9.17, 15) is 4.79 Å². The number of likely N-dealkylation sites (tertiary alicyclic amines) is 1. The molecule has 3 heteroatoms. The predicted octanol–water partition coefficient (Wildman–Crippen LogP) is 4.15. The molecule has 1 aromatic rings. The van der Waals surface area contributed by atoms with Gasteiger partial charge >= 0.3 is 0 Å². The summed E-state index contributed by atoms with van der Waals surface area (Å²) in [5.74, 6) is 1.39. The zero-order valence-electron chi connectivity index (χ0n) is 14.7. The number of ether oxygens (including phenoxy) is 1. The van der Waals surface area contributed by atoms with Crippen LogP contribution in [0.2, 0.25) is 0 Å². The van der Waals surface area contributed by atoms with Crippen molar-refractivity contribution in [1.29, 1.82) is 0 Å². The van der Waals surface area contributed by atoms with Crippen LogP contribution in [-0.4, -0.2) is 36.9 Å². The first kappa shape index (κ1) is 16.5. The number of aryl methyl sites for hydroxylation is 2. The summed E-state index contributed by atoms with van der Waals surface area (Å²) in [6.45, 7) is 6.17. The van der Waals surface area contributed by atoms with Crippen molar-refractivity contribution in [1.82, 2.24) is 4.90 Å². The zero-order valence-corrected chi connectivity index (χ0v) is 14.7. The molecule has 23 heavy (non-hydrogen) atoms. The fourth-order valence-corrected chi connectivity index (χ4v) is 4.47. The summed E-state index contributed by atoms with van der Waals surface area (Å²) >= 11 is 0. The van der Waals surface area contributed by atoms with E-state index >= 15 is 0 Å². The summed E-state index contributed by atoms with van der Waals surface area (Å²) in [7, 11) is 1.69. The molecule has 0 bridgehead atoms. The monoisotopic (exact) mass is 315 g/mol. The highest BCUT2D eigenvalue weighted by molar-refractivity contribution is 5.98. The normalized spacial score (nSPS) is 23.2. The number of carbonyl (C=O) groups excluding carboxylic acids is 1. The second kappa shape index (κ2) is 7.04. The third kappa shape index (κ3) is 3.45. The van der Waals surface area contributed by atoms with E-state index < -0.39 is 0 Å². The summed E-state index contributed by atoms with van der Waals surface area (Å²) < 4.78 is 5.42. The van der Waals surface area contributed by atoms with Gasteiger partial charge in [-0.05, 0) is 69.3 Å². The van der Waals surface area contributed by atoms with Gasteiger partial charge in [-0.25, -0.2) is 0 Å². The van der Waals surface area contributed by atoms with Crippen molar-refractivity contribution in [3.05, 3.63) is 28.8 Å². The minimum atomic E-state index is 0.163. The largest absolute Gasteiger partial charge is 0.496 e. The smallest absolute Gasteiger partial charge is 0.167 e. The lowest BCUT2D eigenvalue weighted by atomic mass is 9.88. The molecule has 2 fully saturated rings. The SMILES string of the molecule is COc1c(C)cc(C(=O)[C@@H]2CCCN(C3CCCC3)C2)cc1C. The Morgan fingerprint density at radius 3 is 2.35 bits per heavy atom. The number of Topliss-reactive ketones (excluding diaryl/α,β-unsaturated/α-hetero) is 1. The van der Waals surface area contributed by atoms with Gasteiger partial charge in [-0.1, -0.05) is 12.8 Å². The number of hydrogen-bond acceptors (Lipinski definition) is 3. The maximum atomic E-state index is 13.0. The first-order valence-corrected chi connectivity index (χ1v) is 9.03. The molecule has 126 valence electrons. The van der Waals surface area contributed by atoms with Crippen molar-refractivity contribution in [3.63, 3.8) is 0 Å². The molecule has 1 saturated heterocycles. The van der Waals surface area contributed by atoms with Crippen LogP contribution in [0.5, 0.6) is 5.75 Å². The molecule has 3 rings (SSSR count). The van der Waals surface area contributed by atoms with E-state index in [-0.39, 0.29) is 5.92 Å². The van der Waals surface area contributed by atoms with Crippen LogP contribution in [0.25, 0.3) is 0 Å². The number of ketones is 1. The van der Waals surface area contributed by atoms with Crippen molar-refractivity contribution in [2.24, 2.45) is 5.92 Å². The third-order valence-electron chi connectivity index (χ3n) is 5.61. The summed E-state index contributed by atoms with van der Waals surface area (Å²) in [5, 5.41) is 0. The molecule has 1 aliphatic carbocycles. The Kier molecular flexibility index (Phi) is 5.05. The first-order chi connectivity index (χ1) is 11.1. The van der Waals surface area contributed by atoms with E-state index in [1.54, 1.807) is 7.11 Å². The number of carbonyl (C=O) groups is 1. The standard InChI is InChI=1S/C20H29NO2/c1-14-11-17(12-15(2)20(14)23-3)19(22)16-7-6-10-21(13-16)18-8-4-5-9-18/h11-12,16,18H,4-10,13H2,1-3H3/t16-/m1/s1. The van der Waals surface area contributed by atoms with E-state index in [0.29, 0.717) is 5.78 Å². The summed E-state index contributed by atoms with van der Waals surface area (Å²) in [6, 6.07) is 4.73. The van der Waals surface area contributed by atoms with Crippen molar-refractivity contribution in [3.8, 4) is 5.75 Å². The van der Waals surface area contributed by atoms with E-state index in [2.05, 4.69) is 4.90 Å². The average molecular weight is 315 g/mol. The minimum Gasteiger partial charge on any atom is -0.496 e. The van der Waals surface area contributed by atoms with Gasteiger partial charge in [0.25, 0.3) is 0 Å². The fourth-order valence-electron chi connectivity index (χ4n) is 4.47. The van der Waals surface area contributed by atoms with Gasteiger partial charge in [0.05, 0.1) is 7.11 Å². The molecule has 0 unspecified atom stereocenters.